The molecule has 1 aliphatic heterocycles. The number of hydrogen-bond donors (Lipinski definition) is 1. The van der Waals surface area contributed by atoms with E-state index in [1.807, 2.05) is 0 Å². The maximum absolute atomic E-state index is 4.64. The predicted molar refractivity (Wildman–Crippen MR) is 89.2 cm³/mol. The largest absolute Gasteiger partial charge is 0.311 e. The van der Waals surface area contributed by atoms with Crippen molar-refractivity contribution in [1.82, 2.24) is 19.6 Å². The maximum Gasteiger partial charge on any atom is 0.194 e. The number of likely N-dealkylation sites (tertiary alicyclic amines) is 1. The van der Waals surface area contributed by atoms with Crippen molar-refractivity contribution in [2.45, 2.75) is 46.1 Å². The number of piperidine rings is 1. The van der Waals surface area contributed by atoms with Crippen molar-refractivity contribution >= 4 is 16.3 Å². The van der Waals surface area contributed by atoms with Crippen LogP contribution in [0.2, 0.25) is 0 Å². The number of nitrogens with zero attached hydrogens (tertiary/aromatic N) is 3. The van der Waals surface area contributed by atoms with Gasteiger partial charge < -0.3 is 10.2 Å². The Morgan fingerprint density at radius 3 is 2.86 bits per heavy atom. The van der Waals surface area contributed by atoms with Crippen molar-refractivity contribution in [3.63, 3.8) is 0 Å². The highest BCUT2D eigenvalue weighted by atomic mass is 32.1. The fourth-order valence-corrected chi connectivity index (χ4v) is 4.12. The Morgan fingerprint density at radius 1 is 1.24 bits per heavy atom. The molecule has 5 heteroatoms. The van der Waals surface area contributed by atoms with Crippen LogP contribution in [-0.4, -0.2) is 40.5 Å². The molecule has 0 bridgehead atoms. The van der Waals surface area contributed by atoms with Crippen LogP contribution >= 0.6 is 11.3 Å². The van der Waals surface area contributed by atoms with Gasteiger partial charge in [-0.05, 0) is 59.3 Å². The van der Waals surface area contributed by atoms with Crippen LogP contribution in [0.1, 0.15) is 42.8 Å². The average molecular weight is 306 g/mol. The van der Waals surface area contributed by atoms with Gasteiger partial charge in [-0.2, -0.15) is 0 Å². The molecule has 0 atom stereocenters. The molecular weight excluding hydrogens is 280 g/mol. The van der Waals surface area contributed by atoms with Crippen molar-refractivity contribution < 1.29 is 0 Å². The highest BCUT2D eigenvalue weighted by Gasteiger charge is 2.12. The molecule has 4 nitrogen and oxygen atoms in total. The lowest BCUT2D eigenvalue weighted by Gasteiger charge is -2.26. The van der Waals surface area contributed by atoms with Crippen LogP contribution in [-0.2, 0) is 6.54 Å². The van der Waals surface area contributed by atoms with Crippen LogP contribution in [0.15, 0.2) is 5.38 Å². The van der Waals surface area contributed by atoms with Gasteiger partial charge >= 0.3 is 0 Å². The Labute approximate surface area is 131 Å². The number of hydrogen-bond acceptors (Lipinski definition) is 4. The number of nitrogens with one attached hydrogen (secondary N) is 1. The summed E-state index contributed by atoms with van der Waals surface area (Å²) >= 11 is 1.73. The second-order valence-electron chi connectivity index (χ2n) is 6.07. The highest BCUT2D eigenvalue weighted by molar-refractivity contribution is 7.15. The number of imidazole rings is 1. The summed E-state index contributed by atoms with van der Waals surface area (Å²) in [4.78, 5) is 8.37. The SMILES string of the molecule is Cc1nc2scc(C)n2c1CNCCCN1CCCCC1. The van der Waals surface area contributed by atoms with Crippen LogP contribution in [0.3, 0.4) is 0 Å². The van der Waals surface area contributed by atoms with Crippen LogP contribution in [0.4, 0.5) is 0 Å². The summed E-state index contributed by atoms with van der Waals surface area (Å²) in [7, 11) is 0. The van der Waals surface area contributed by atoms with Crippen molar-refractivity contribution in [3.05, 3.63) is 22.5 Å². The molecule has 0 aromatic carbocycles. The van der Waals surface area contributed by atoms with E-state index in [2.05, 4.69) is 38.8 Å². The quantitative estimate of drug-likeness (QED) is 0.833. The highest BCUT2D eigenvalue weighted by Crippen LogP contribution is 2.20. The zero-order valence-corrected chi connectivity index (χ0v) is 14.0. The lowest BCUT2D eigenvalue weighted by molar-refractivity contribution is 0.225. The number of aryl methyl sites for hydroxylation is 2. The minimum Gasteiger partial charge on any atom is -0.311 e. The first kappa shape index (κ1) is 15.0. The number of aromatic nitrogens is 2. The Bertz CT molecular complexity index is 580. The van der Waals surface area contributed by atoms with Crippen LogP contribution in [0.5, 0.6) is 0 Å². The molecular formula is C16H26N4S. The van der Waals surface area contributed by atoms with E-state index in [0.717, 1.165) is 23.7 Å². The number of thiazole rings is 1. The van der Waals surface area contributed by atoms with Crippen LogP contribution in [0.25, 0.3) is 4.96 Å². The Kier molecular flexibility index (Phi) is 4.93. The van der Waals surface area contributed by atoms with E-state index in [1.165, 1.54) is 56.7 Å². The van der Waals surface area contributed by atoms with Gasteiger partial charge in [-0.3, -0.25) is 4.40 Å². The molecule has 0 saturated carbocycles. The van der Waals surface area contributed by atoms with E-state index in [4.69, 9.17) is 0 Å². The monoisotopic (exact) mass is 306 g/mol. The van der Waals surface area contributed by atoms with Gasteiger partial charge in [0.05, 0.1) is 11.4 Å². The second-order valence-corrected chi connectivity index (χ2v) is 6.91. The van der Waals surface area contributed by atoms with Gasteiger partial charge in [0.2, 0.25) is 0 Å². The molecule has 0 amide bonds. The topological polar surface area (TPSA) is 32.6 Å². The molecule has 116 valence electrons. The Hall–Kier alpha value is -0.910. The van der Waals surface area contributed by atoms with Crippen LogP contribution < -0.4 is 5.32 Å². The van der Waals surface area contributed by atoms with Crippen molar-refractivity contribution in [1.29, 1.82) is 0 Å². The zero-order chi connectivity index (χ0) is 14.7. The molecule has 0 spiro atoms. The summed E-state index contributed by atoms with van der Waals surface area (Å²) in [6.07, 6.45) is 5.44. The summed E-state index contributed by atoms with van der Waals surface area (Å²) in [5, 5.41) is 5.78. The summed E-state index contributed by atoms with van der Waals surface area (Å²) in [6, 6.07) is 0. The van der Waals surface area contributed by atoms with Gasteiger partial charge in [0, 0.05) is 17.6 Å². The summed E-state index contributed by atoms with van der Waals surface area (Å²) in [5.41, 5.74) is 3.77. The third kappa shape index (κ3) is 3.47. The smallest absolute Gasteiger partial charge is 0.194 e. The minimum atomic E-state index is 0.921. The molecule has 0 radical (unpaired) electrons. The third-order valence-corrected chi connectivity index (χ3v) is 5.34. The predicted octanol–water partition coefficient (Wildman–Crippen LogP) is 2.98. The summed E-state index contributed by atoms with van der Waals surface area (Å²) in [6.45, 7) is 10.1. The van der Waals surface area contributed by atoms with Gasteiger partial charge in [-0.25, -0.2) is 4.98 Å². The van der Waals surface area contributed by atoms with Crippen molar-refractivity contribution in [2.24, 2.45) is 0 Å². The lowest BCUT2D eigenvalue weighted by Crippen LogP contribution is -2.32. The van der Waals surface area contributed by atoms with E-state index >= 15 is 0 Å². The number of fused-ring (bicyclic) bond motifs is 1. The zero-order valence-electron chi connectivity index (χ0n) is 13.2. The minimum absolute atomic E-state index is 0.921. The second kappa shape index (κ2) is 6.90. The van der Waals surface area contributed by atoms with Gasteiger partial charge in [-0.1, -0.05) is 6.42 Å². The molecule has 21 heavy (non-hydrogen) atoms. The fraction of sp³-hybridized carbons (Fsp3) is 0.688. The van der Waals surface area contributed by atoms with E-state index in [-0.39, 0.29) is 0 Å². The third-order valence-electron chi connectivity index (χ3n) is 4.40. The number of rotatable bonds is 6. The molecule has 3 heterocycles. The molecule has 1 fully saturated rings. The molecule has 1 aliphatic rings. The molecule has 2 aromatic heterocycles. The maximum atomic E-state index is 4.64. The van der Waals surface area contributed by atoms with Gasteiger partial charge in [0.15, 0.2) is 4.96 Å². The summed E-state index contributed by atoms with van der Waals surface area (Å²) < 4.78 is 2.29. The van der Waals surface area contributed by atoms with Gasteiger partial charge in [0.25, 0.3) is 0 Å². The standard InChI is InChI=1S/C16H26N4S/c1-13-12-21-16-18-14(2)15(20(13)16)11-17-7-6-10-19-8-4-3-5-9-19/h12,17H,3-11H2,1-2H3. The van der Waals surface area contributed by atoms with E-state index in [0.29, 0.717) is 0 Å². The van der Waals surface area contributed by atoms with Crippen molar-refractivity contribution in [2.75, 3.05) is 26.2 Å². The Balaban J connectivity index is 1.46. The first-order valence-electron chi connectivity index (χ1n) is 8.11. The fourth-order valence-electron chi connectivity index (χ4n) is 3.19. The molecule has 0 unspecified atom stereocenters. The summed E-state index contributed by atoms with van der Waals surface area (Å²) in [5.74, 6) is 0. The normalized spacial score (nSPS) is 16.9. The van der Waals surface area contributed by atoms with Gasteiger partial charge in [-0.15, -0.1) is 11.3 Å². The Morgan fingerprint density at radius 2 is 2.05 bits per heavy atom. The molecule has 3 rings (SSSR count). The average Bonchev–Trinajstić information content (AvgIpc) is 3.00. The van der Waals surface area contributed by atoms with Gasteiger partial charge in [0.1, 0.15) is 0 Å². The van der Waals surface area contributed by atoms with E-state index in [9.17, 15) is 0 Å². The van der Waals surface area contributed by atoms with Crippen LogP contribution in [0, 0.1) is 13.8 Å². The molecule has 0 aliphatic carbocycles. The molecule has 2 aromatic rings. The molecule has 1 N–H and O–H groups in total. The van der Waals surface area contributed by atoms with E-state index < -0.39 is 0 Å². The van der Waals surface area contributed by atoms with Crippen molar-refractivity contribution in [3.8, 4) is 0 Å². The first-order chi connectivity index (χ1) is 10.3. The van der Waals surface area contributed by atoms with E-state index in [1.54, 1.807) is 11.3 Å². The first-order valence-corrected chi connectivity index (χ1v) is 8.99. The molecule has 1 saturated heterocycles. The lowest BCUT2D eigenvalue weighted by atomic mass is 10.1.